The van der Waals surface area contributed by atoms with Crippen molar-refractivity contribution in [2.45, 2.75) is 25.6 Å². The first kappa shape index (κ1) is 16.7. The summed E-state index contributed by atoms with van der Waals surface area (Å²) in [7, 11) is 0. The van der Waals surface area contributed by atoms with Crippen molar-refractivity contribution in [3.05, 3.63) is 29.8 Å². The molecule has 0 aliphatic rings. The highest BCUT2D eigenvalue weighted by atomic mass is 19.4. The van der Waals surface area contributed by atoms with Gasteiger partial charge in [-0.1, -0.05) is 19.1 Å². The van der Waals surface area contributed by atoms with Crippen molar-refractivity contribution in [3.63, 3.8) is 0 Å². The quantitative estimate of drug-likeness (QED) is 0.571. The molecule has 0 fully saturated rings. The molecule has 7 heteroatoms. The lowest BCUT2D eigenvalue weighted by atomic mass is 10.1. The molecule has 0 amide bonds. The molecule has 1 atom stereocenters. The predicted molar refractivity (Wildman–Crippen MR) is 69.2 cm³/mol. The molecule has 0 heterocycles. The smallest absolute Gasteiger partial charge is 0.411 e. The van der Waals surface area contributed by atoms with Crippen molar-refractivity contribution in [1.82, 2.24) is 5.43 Å². The number of alkyl halides is 3. The fourth-order valence-electron chi connectivity index (χ4n) is 1.55. The molecule has 1 aromatic carbocycles. The molecule has 0 bridgehead atoms. The van der Waals surface area contributed by atoms with Crippen LogP contribution in [0.15, 0.2) is 24.3 Å². The molecule has 0 saturated heterocycles. The Balaban J connectivity index is 2.52. The summed E-state index contributed by atoms with van der Waals surface area (Å²) in [6, 6.07) is 6.48. The summed E-state index contributed by atoms with van der Waals surface area (Å²) in [6.07, 6.45) is -3.43. The van der Waals surface area contributed by atoms with Crippen LogP contribution in [0.4, 0.5) is 13.2 Å². The second kappa shape index (κ2) is 8.08. The van der Waals surface area contributed by atoms with Crippen LogP contribution in [0.25, 0.3) is 0 Å². The topological polar surface area (TPSA) is 56.5 Å². The zero-order chi connectivity index (χ0) is 15.0. The van der Waals surface area contributed by atoms with E-state index in [2.05, 4.69) is 10.2 Å². The molecule has 3 N–H and O–H groups in total. The Labute approximate surface area is 116 Å². The monoisotopic (exact) mass is 292 g/mol. The second-order valence-corrected chi connectivity index (χ2v) is 4.27. The Morgan fingerprint density at radius 3 is 2.40 bits per heavy atom. The number of rotatable bonds is 8. The van der Waals surface area contributed by atoms with Gasteiger partial charge in [-0.25, -0.2) is 0 Å². The highest BCUT2D eigenvalue weighted by Crippen LogP contribution is 2.20. The van der Waals surface area contributed by atoms with Crippen LogP contribution in [0.5, 0.6) is 5.75 Å². The number of hydrogen-bond donors (Lipinski definition) is 2. The van der Waals surface area contributed by atoms with Crippen LogP contribution < -0.4 is 16.0 Å². The molecule has 0 aliphatic carbocycles. The molecule has 20 heavy (non-hydrogen) atoms. The van der Waals surface area contributed by atoms with Gasteiger partial charge in [0, 0.05) is 0 Å². The van der Waals surface area contributed by atoms with Crippen LogP contribution in [0, 0.1) is 0 Å². The van der Waals surface area contributed by atoms with E-state index in [0.29, 0.717) is 12.4 Å². The van der Waals surface area contributed by atoms with Crippen molar-refractivity contribution in [1.29, 1.82) is 0 Å². The van der Waals surface area contributed by atoms with Gasteiger partial charge >= 0.3 is 6.18 Å². The molecule has 0 saturated carbocycles. The van der Waals surface area contributed by atoms with Crippen LogP contribution in [-0.4, -0.2) is 26.0 Å². The van der Waals surface area contributed by atoms with Crippen LogP contribution >= 0.6 is 0 Å². The fourth-order valence-corrected chi connectivity index (χ4v) is 1.55. The van der Waals surface area contributed by atoms with Crippen LogP contribution in [-0.2, 0) is 4.74 Å². The number of nitrogens with two attached hydrogens (primary N) is 1. The number of hydrazine groups is 1. The Morgan fingerprint density at radius 2 is 1.90 bits per heavy atom. The molecule has 0 spiro atoms. The van der Waals surface area contributed by atoms with E-state index in [9.17, 15) is 13.2 Å². The number of halogens is 3. The number of nitrogens with one attached hydrogen (secondary N) is 1. The van der Waals surface area contributed by atoms with E-state index >= 15 is 0 Å². The highest BCUT2D eigenvalue weighted by molar-refractivity contribution is 5.29. The molecule has 0 radical (unpaired) electrons. The maximum Gasteiger partial charge on any atom is 0.411 e. The molecule has 1 rings (SSSR count). The summed E-state index contributed by atoms with van der Waals surface area (Å²) in [4.78, 5) is 0. The first-order valence-corrected chi connectivity index (χ1v) is 6.29. The molecular weight excluding hydrogens is 273 g/mol. The third-order valence-corrected chi connectivity index (χ3v) is 2.51. The largest absolute Gasteiger partial charge is 0.494 e. The van der Waals surface area contributed by atoms with Crippen molar-refractivity contribution in [2.24, 2.45) is 5.84 Å². The van der Waals surface area contributed by atoms with Crippen LogP contribution in [0.1, 0.15) is 24.9 Å². The fraction of sp³-hybridized carbons (Fsp3) is 0.538. The number of ether oxygens (including phenoxy) is 2. The van der Waals surface area contributed by atoms with Gasteiger partial charge in [0.05, 0.1) is 19.3 Å². The summed E-state index contributed by atoms with van der Waals surface area (Å²) in [5.74, 6) is 6.04. The average molecular weight is 292 g/mol. The highest BCUT2D eigenvalue weighted by Gasteiger charge is 2.28. The lowest BCUT2D eigenvalue weighted by Gasteiger charge is -2.17. The average Bonchev–Trinajstić information content (AvgIpc) is 2.41. The van der Waals surface area contributed by atoms with Gasteiger partial charge in [-0.2, -0.15) is 13.2 Å². The van der Waals surface area contributed by atoms with Crippen molar-refractivity contribution in [3.8, 4) is 5.75 Å². The molecular formula is C13H19F3N2O2. The van der Waals surface area contributed by atoms with Gasteiger partial charge in [-0.05, 0) is 24.1 Å². The predicted octanol–water partition coefficient (Wildman–Crippen LogP) is 2.56. The Morgan fingerprint density at radius 1 is 1.25 bits per heavy atom. The minimum absolute atomic E-state index is 0.162. The van der Waals surface area contributed by atoms with Gasteiger partial charge in [-0.15, -0.1) is 0 Å². The van der Waals surface area contributed by atoms with Crippen molar-refractivity contribution in [2.75, 3.05) is 19.8 Å². The third kappa shape index (κ3) is 6.23. The minimum atomic E-state index is -4.34. The SMILES string of the molecule is CCCOc1ccc(C(COCC(F)(F)F)NN)cc1. The molecule has 0 aromatic heterocycles. The van der Waals surface area contributed by atoms with Gasteiger partial charge in [0.25, 0.3) is 0 Å². The number of benzene rings is 1. The minimum Gasteiger partial charge on any atom is -0.494 e. The van der Waals surface area contributed by atoms with Gasteiger partial charge in [-0.3, -0.25) is 11.3 Å². The first-order valence-electron chi connectivity index (χ1n) is 6.29. The lowest BCUT2D eigenvalue weighted by molar-refractivity contribution is -0.175. The van der Waals surface area contributed by atoms with E-state index in [4.69, 9.17) is 10.6 Å². The number of hydrogen-bond acceptors (Lipinski definition) is 4. The third-order valence-electron chi connectivity index (χ3n) is 2.51. The zero-order valence-electron chi connectivity index (χ0n) is 11.2. The summed E-state index contributed by atoms with van der Waals surface area (Å²) in [6.45, 7) is 1.17. The van der Waals surface area contributed by atoms with Crippen molar-refractivity contribution >= 4 is 0 Å². The van der Waals surface area contributed by atoms with Gasteiger partial charge in [0.1, 0.15) is 12.4 Å². The molecule has 1 aromatic rings. The summed E-state index contributed by atoms with van der Waals surface area (Å²) in [5, 5.41) is 0. The van der Waals surface area contributed by atoms with E-state index in [-0.39, 0.29) is 6.61 Å². The summed E-state index contributed by atoms with van der Waals surface area (Å²) < 4.78 is 46.0. The maximum absolute atomic E-state index is 12.0. The maximum atomic E-state index is 12.0. The molecule has 114 valence electrons. The van der Waals surface area contributed by atoms with E-state index in [1.165, 1.54) is 0 Å². The summed E-state index contributed by atoms with van der Waals surface area (Å²) >= 11 is 0. The lowest BCUT2D eigenvalue weighted by Crippen LogP contribution is -2.32. The Hall–Kier alpha value is -1.31. The van der Waals surface area contributed by atoms with Crippen LogP contribution in [0.2, 0.25) is 0 Å². The van der Waals surface area contributed by atoms with Gasteiger partial charge in [0.2, 0.25) is 0 Å². The van der Waals surface area contributed by atoms with Gasteiger partial charge < -0.3 is 9.47 Å². The second-order valence-electron chi connectivity index (χ2n) is 4.27. The first-order chi connectivity index (χ1) is 9.46. The standard InChI is InChI=1S/C13H19F3N2O2/c1-2-7-20-11-5-3-10(4-6-11)12(18-17)8-19-9-13(14,15)16/h3-6,12,18H,2,7-9,17H2,1H3. The Kier molecular flexibility index (Phi) is 6.77. The summed E-state index contributed by atoms with van der Waals surface area (Å²) in [5.41, 5.74) is 3.17. The van der Waals surface area contributed by atoms with Crippen molar-refractivity contribution < 1.29 is 22.6 Å². The van der Waals surface area contributed by atoms with Crippen LogP contribution in [0.3, 0.4) is 0 Å². The molecule has 4 nitrogen and oxygen atoms in total. The Bertz CT molecular complexity index is 382. The van der Waals surface area contributed by atoms with E-state index in [1.807, 2.05) is 6.92 Å². The molecule has 0 aliphatic heterocycles. The zero-order valence-corrected chi connectivity index (χ0v) is 11.2. The van der Waals surface area contributed by atoms with E-state index in [1.54, 1.807) is 24.3 Å². The van der Waals surface area contributed by atoms with E-state index in [0.717, 1.165) is 12.0 Å². The normalized spacial score (nSPS) is 13.2. The molecule has 1 unspecified atom stereocenters. The van der Waals surface area contributed by atoms with Gasteiger partial charge in [0.15, 0.2) is 0 Å². The van der Waals surface area contributed by atoms with E-state index < -0.39 is 18.8 Å².